The lowest BCUT2D eigenvalue weighted by Gasteiger charge is -2.47. The first-order valence-electron chi connectivity index (χ1n) is 6.16. The van der Waals surface area contributed by atoms with Crippen LogP contribution in [0.15, 0.2) is 12.1 Å². The van der Waals surface area contributed by atoms with E-state index in [1.54, 1.807) is 6.07 Å². The van der Waals surface area contributed by atoms with Gasteiger partial charge in [-0.2, -0.15) is 4.98 Å². The lowest BCUT2D eigenvalue weighted by Crippen LogP contribution is -2.57. The monoisotopic (exact) mass is 265 g/mol. The molecule has 0 radical (unpaired) electrons. The van der Waals surface area contributed by atoms with Crippen molar-refractivity contribution in [2.45, 2.75) is 6.42 Å². The van der Waals surface area contributed by atoms with Gasteiger partial charge >= 0.3 is 5.69 Å². The van der Waals surface area contributed by atoms with Gasteiger partial charge in [0.15, 0.2) is 0 Å². The maximum absolute atomic E-state index is 10.8. The third kappa shape index (κ3) is 1.99. The molecule has 0 atom stereocenters. The zero-order chi connectivity index (χ0) is 13.5. The first-order valence-corrected chi connectivity index (χ1v) is 6.16. The van der Waals surface area contributed by atoms with Crippen molar-refractivity contribution in [3.63, 3.8) is 0 Å². The van der Waals surface area contributed by atoms with Crippen LogP contribution in [0.3, 0.4) is 0 Å². The van der Waals surface area contributed by atoms with Crippen LogP contribution in [0, 0.1) is 15.5 Å². The fourth-order valence-corrected chi connectivity index (χ4v) is 2.71. The van der Waals surface area contributed by atoms with Crippen molar-refractivity contribution in [2.75, 3.05) is 38.3 Å². The highest BCUT2D eigenvalue weighted by atomic mass is 16.6. The summed E-state index contributed by atoms with van der Waals surface area (Å²) in [6, 6.07) is 3.11. The largest absolute Gasteiger partial charge is 0.476 e. The molecule has 0 aromatic carbocycles. The van der Waals surface area contributed by atoms with Gasteiger partial charge in [-0.1, -0.05) is 0 Å². The second kappa shape index (κ2) is 4.34. The van der Waals surface area contributed by atoms with Crippen LogP contribution >= 0.6 is 0 Å². The van der Waals surface area contributed by atoms with Crippen molar-refractivity contribution in [1.82, 2.24) is 4.98 Å². The maximum Gasteiger partial charge on any atom is 0.331 e. The van der Waals surface area contributed by atoms with Crippen molar-refractivity contribution in [3.8, 4) is 5.88 Å². The van der Waals surface area contributed by atoms with Gasteiger partial charge in [-0.15, -0.1) is 0 Å². The summed E-state index contributed by atoms with van der Waals surface area (Å²) in [5.41, 5.74) is 0.155. The van der Waals surface area contributed by atoms with Crippen LogP contribution in [0.4, 0.5) is 11.5 Å². The molecule has 2 fully saturated rings. The van der Waals surface area contributed by atoms with Crippen LogP contribution in [0.2, 0.25) is 0 Å². The van der Waals surface area contributed by atoms with Gasteiger partial charge in [0, 0.05) is 31.2 Å². The predicted octanol–water partition coefficient (Wildman–Crippen LogP) is 1.23. The Bertz CT molecular complexity index is 506. The lowest BCUT2D eigenvalue weighted by molar-refractivity contribution is -0.386. The molecule has 0 aliphatic carbocycles. The fourth-order valence-electron chi connectivity index (χ4n) is 2.71. The van der Waals surface area contributed by atoms with Crippen LogP contribution in [-0.4, -0.2) is 43.3 Å². The zero-order valence-electron chi connectivity index (χ0n) is 10.7. The van der Waals surface area contributed by atoms with Crippen LogP contribution < -0.4 is 9.64 Å². The Morgan fingerprint density at radius 2 is 2.32 bits per heavy atom. The van der Waals surface area contributed by atoms with Crippen LogP contribution in [0.25, 0.3) is 0 Å². The number of rotatable bonds is 3. The van der Waals surface area contributed by atoms with E-state index >= 15 is 0 Å². The average molecular weight is 265 g/mol. The van der Waals surface area contributed by atoms with Crippen LogP contribution in [0.1, 0.15) is 6.42 Å². The molecule has 0 unspecified atom stereocenters. The molecular formula is C12H15N3O4. The number of pyridine rings is 1. The minimum Gasteiger partial charge on any atom is -0.476 e. The van der Waals surface area contributed by atoms with E-state index in [1.165, 1.54) is 13.2 Å². The van der Waals surface area contributed by atoms with Crippen molar-refractivity contribution in [2.24, 2.45) is 5.41 Å². The Balaban J connectivity index is 1.78. The number of anilines is 1. The van der Waals surface area contributed by atoms with Gasteiger partial charge in [0.1, 0.15) is 5.82 Å². The fraction of sp³-hybridized carbons (Fsp3) is 0.583. The molecule has 0 N–H and O–H groups in total. The molecule has 102 valence electrons. The summed E-state index contributed by atoms with van der Waals surface area (Å²) in [5, 5.41) is 10.8. The summed E-state index contributed by atoms with van der Waals surface area (Å²) in [7, 11) is 1.39. The lowest BCUT2D eigenvalue weighted by atomic mass is 9.79. The van der Waals surface area contributed by atoms with E-state index in [1.807, 2.05) is 0 Å². The van der Waals surface area contributed by atoms with Gasteiger partial charge in [-0.05, 0) is 12.5 Å². The molecule has 2 aliphatic rings. The molecule has 1 spiro atoms. The molecule has 1 aromatic rings. The summed E-state index contributed by atoms with van der Waals surface area (Å²) in [6.45, 7) is 3.40. The number of nitrogens with zero attached hydrogens (tertiary/aromatic N) is 3. The first kappa shape index (κ1) is 12.2. The number of hydrogen-bond donors (Lipinski definition) is 0. The number of nitro groups is 1. The van der Waals surface area contributed by atoms with Crippen molar-refractivity contribution in [3.05, 3.63) is 22.2 Å². The Morgan fingerprint density at radius 3 is 2.89 bits per heavy atom. The van der Waals surface area contributed by atoms with Crippen molar-refractivity contribution < 1.29 is 14.4 Å². The predicted molar refractivity (Wildman–Crippen MR) is 67.5 cm³/mol. The normalized spacial score (nSPS) is 20.4. The van der Waals surface area contributed by atoms with Gasteiger partial charge in [0.25, 0.3) is 5.88 Å². The summed E-state index contributed by atoms with van der Waals surface area (Å²) in [5.74, 6) is 0.783. The summed E-state index contributed by atoms with van der Waals surface area (Å²) in [6.07, 6.45) is 1.08. The third-order valence-electron chi connectivity index (χ3n) is 3.78. The van der Waals surface area contributed by atoms with E-state index in [0.717, 1.165) is 38.5 Å². The van der Waals surface area contributed by atoms with Crippen LogP contribution in [-0.2, 0) is 4.74 Å². The first-order chi connectivity index (χ1) is 9.13. The Hall–Kier alpha value is -1.89. The van der Waals surface area contributed by atoms with Gasteiger partial charge in [-0.3, -0.25) is 10.1 Å². The molecule has 3 rings (SSSR count). The highest BCUT2D eigenvalue weighted by molar-refractivity contribution is 5.52. The summed E-state index contributed by atoms with van der Waals surface area (Å²) < 4.78 is 10.4. The molecule has 1 aromatic heterocycles. The third-order valence-corrected chi connectivity index (χ3v) is 3.78. The highest BCUT2D eigenvalue weighted by Crippen LogP contribution is 2.41. The van der Waals surface area contributed by atoms with E-state index in [2.05, 4.69) is 9.88 Å². The standard InChI is InChI=1S/C12H15N3O4/c1-18-11-9(15(16)17)2-3-10(13-11)14-6-12(7-14)4-5-19-8-12/h2-3H,4-8H2,1H3. The second-order valence-corrected chi connectivity index (χ2v) is 5.11. The average Bonchev–Trinajstić information content (AvgIpc) is 2.85. The highest BCUT2D eigenvalue weighted by Gasteiger charge is 2.46. The van der Waals surface area contributed by atoms with Gasteiger partial charge < -0.3 is 14.4 Å². The number of aromatic nitrogens is 1. The summed E-state index contributed by atoms with van der Waals surface area (Å²) >= 11 is 0. The molecule has 3 heterocycles. The smallest absolute Gasteiger partial charge is 0.331 e. The zero-order valence-corrected chi connectivity index (χ0v) is 10.7. The Labute approximate surface area is 110 Å². The quantitative estimate of drug-likeness (QED) is 0.604. The van der Waals surface area contributed by atoms with Gasteiger partial charge in [0.05, 0.1) is 18.6 Å². The molecule has 0 amide bonds. The van der Waals surface area contributed by atoms with E-state index in [0.29, 0.717) is 0 Å². The van der Waals surface area contributed by atoms with Gasteiger partial charge in [0.2, 0.25) is 0 Å². The maximum atomic E-state index is 10.8. The van der Waals surface area contributed by atoms with E-state index in [-0.39, 0.29) is 17.0 Å². The minimum absolute atomic E-state index is 0.0612. The Morgan fingerprint density at radius 1 is 1.53 bits per heavy atom. The molecule has 0 saturated carbocycles. The number of hydrogen-bond acceptors (Lipinski definition) is 6. The molecule has 19 heavy (non-hydrogen) atoms. The van der Waals surface area contributed by atoms with E-state index in [4.69, 9.17) is 9.47 Å². The molecular weight excluding hydrogens is 250 g/mol. The number of ether oxygens (including phenoxy) is 2. The Kier molecular flexibility index (Phi) is 2.78. The second-order valence-electron chi connectivity index (χ2n) is 5.11. The molecule has 7 heteroatoms. The van der Waals surface area contributed by atoms with Crippen molar-refractivity contribution in [1.29, 1.82) is 0 Å². The molecule has 2 aliphatic heterocycles. The molecule has 7 nitrogen and oxygen atoms in total. The summed E-state index contributed by atoms with van der Waals surface area (Å²) in [4.78, 5) is 16.6. The SMILES string of the molecule is COc1nc(N2CC3(CCOC3)C2)ccc1[N+](=O)[O-]. The van der Waals surface area contributed by atoms with Gasteiger partial charge in [-0.25, -0.2) is 0 Å². The molecule has 0 bridgehead atoms. The van der Waals surface area contributed by atoms with E-state index in [9.17, 15) is 10.1 Å². The molecule has 2 saturated heterocycles. The minimum atomic E-state index is -0.488. The topological polar surface area (TPSA) is 77.7 Å². The van der Waals surface area contributed by atoms with Crippen molar-refractivity contribution >= 4 is 11.5 Å². The van der Waals surface area contributed by atoms with E-state index < -0.39 is 4.92 Å². The number of methoxy groups -OCH3 is 1. The van der Waals surface area contributed by atoms with Crippen LogP contribution in [0.5, 0.6) is 5.88 Å².